The average molecular weight is 349 g/mol. The Balaban J connectivity index is 1.94. The largest absolute Gasteiger partial charge is 0.507 e. The van der Waals surface area contributed by atoms with Crippen LogP contribution in [0.3, 0.4) is 0 Å². The predicted octanol–water partition coefficient (Wildman–Crippen LogP) is 2.97. The van der Waals surface area contributed by atoms with E-state index in [9.17, 15) is 9.90 Å². The van der Waals surface area contributed by atoms with E-state index in [0.29, 0.717) is 22.1 Å². The Kier molecular flexibility index (Phi) is 6.03. The molecule has 24 heavy (non-hydrogen) atoms. The molecule has 2 aromatic rings. The Labute approximate surface area is 144 Å². The van der Waals surface area contributed by atoms with Crippen LogP contribution in [0.4, 0.5) is 0 Å². The number of aromatic hydroxyl groups is 1. The highest BCUT2D eigenvalue weighted by atomic mass is 35.5. The number of benzene rings is 2. The van der Waals surface area contributed by atoms with Gasteiger partial charge < -0.3 is 14.6 Å². The number of phenolic OH excluding ortho intramolecular Hbond substituents is 1. The van der Waals surface area contributed by atoms with Crippen molar-refractivity contribution >= 4 is 23.7 Å². The summed E-state index contributed by atoms with van der Waals surface area (Å²) in [6, 6.07) is 11.4. The number of ether oxygens (including phenoxy) is 2. The minimum Gasteiger partial charge on any atom is -0.507 e. The zero-order valence-corrected chi connectivity index (χ0v) is 13.9. The lowest BCUT2D eigenvalue weighted by molar-refractivity contribution is -0.127. The summed E-state index contributed by atoms with van der Waals surface area (Å²) in [7, 11) is 1.52. The molecular formula is C17H17ClN2O4. The first kappa shape index (κ1) is 17.6. The minimum absolute atomic E-state index is 0.0250. The fourth-order valence-electron chi connectivity index (χ4n) is 1.82. The van der Waals surface area contributed by atoms with Crippen molar-refractivity contribution in [1.29, 1.82) is 0 Å². The lowest BCUT2D eigenvalue weighted by Crippen LogP contribution is -2.33. The third-order valence-corrected chi connectivity index (χ3v) is 3.33. The number of rotatable bonds is 6. The van der Waals surface area contributed by atoms with Crippen molar-refractivity contribution in [3.8, 4) is 17.2 Å². The number of carbonyl (C=O) groups is 1. The van der Waals surface area contributed by atoms with Gasteiger partial charge in [0, 0.05) is 10.6 Å². The Bertz CT molecular complexity index is 749. The van der Waals surface area contributed by atoms with E-state index in [1.165, 1.54) is 19.4 Å². The maximum atomic E-state index is 12.0. The second-order valence-electron chi connectivity index (χ2n) is 4.88. The Hall–Kier alpha value is -2.73. The number of nitrogens with one attached hydrogen (secondary N) is 1. The van der Waals surface area contributed by atoms with Crippen LogP contribution in [0.15, 0.2) is 47.6 Å². The van der Waals surface area contributed by atoms with Crippen LogP contribution in [0.5, 0.6) is 17.2 Å². The fourth-order valence-corrected chi connectivity index (χ4v) is 2.00. The molecule has 0 heterocycles. The van der Waals surface area contributed by atoms with Gasteiger partial charge in [-0.05, 0) is 43.3 Å². The Morgan fingerprint density at radius 2 is 2.08 bits per heavy atom. The number of hydrazone groups is 1. The van der Waals surface area contributed by atoms with E-state index in [4.69, 9.17) is 21.1 Å². The normalized spacial score (nSPS) is 12.0. The molecule has 6 nitrogen and oxygen atoms in total. The van der Waals surface area contributed by atoms with E-state index < -0.39 is 12.0 Å². The molecule has 2 aromatic carbocycles. The van der Waals surface area contributed by atoms with Gasteiger partial charge in [-0.1, -0.05) is 17.7 Å². The highest BCUT2D eigenvalue weighted by molar-refractivity contribution is 6.30. The smallest absolute Gasteiger partial charge is 0.280 e. The van der Waals surface area contributed by atoms with Gasteiger partial charge in [-0.3, -0.25) is 4.79 Å². The molecule has 1 atom stereocenters. The summed E-state index contributed by atoms with van der Waals surface area (Å²) >= 11 is 5.86. The lowest BCUT2D eigenvalue weighted by Gasteiger charge is -2.13. The average Bonchev–Trinajstić information content (AvgIpc) is 2.56. The summed E-state index contributed by atoms with van der Waals surface area (Å²) < 4.78 is 10.5. The van der Waals surface area contributed by atoms with E-state index in [1.807, 2.05) is 0 Å². The first-order chi connectivity index (χ1) is 11.5. The van der Waals surface area contributed by atoms with Crippen LogP contribution in [0, 0.1) is 0 Å². The molecule has 0 bridgehead atoms. The van der Waals surface area contributed by atoms with Crippen LogP contribution < -0.4 is 14.9 Å². The standard InChI is InChI=1S/C17H17ClN2O4/c1-11(24-15-5-3-4-13(18)9-15)17(22)20-19-10-12-8-14(23-2)6-7-16(12)21/h3-11,21H,1-2H3,(H,20,22)/b19-10+/t11-/m0/s1. The third-order valence-electron chi connectivity index (χ3n) is 3.09. The van der Waals surface area contributed by atoms with Gasteiger partial charge >= 0.3 is 0 Å². The summed E-state index contributed by atoms with van der Waals surface area (Å²) in [6.07, 6.45) is 0.557. The molecule has 0 aliphatic rings. The van der Waals surface area contributed by atoms with Crippen molar-refractivity contribution < 1.29 is 19.4 Å². The number of carbonyl (C=O) groups excluding carboxylic acids is 1. The van der Waals surface area contributed by atoms with Crippen LogP contribution in [0.2, 0.25) is 5.02 Å². The van der Waals surface area contributed by atoms with Crippen molar-refractivity contribution in [1.82, 2.24) is 5.43 Å². The number of amides is 1. The van der Waals surface area contributed by atoms with E-state index >= 15 is 0 Å². The van der Waals surface area contributed by atoms with E-state index in [0.717, 1.165) is 0 Å². The molecular weight excluding hydrogens is 332 g/mol. The first-order valence-corrected chi connectivity index (χ1v) is 7.49. The predicted molar refractivity (Wildman–Crippen MR) is 91.9 cm³/mol. The molecule has 126 valence electrons. The summed E-state index contributed by atoms with van der Waals surface area (Å²) in [4.78, 5) is 12.0. The molecule has 7 heteroatoms. The zero-order valence-electron chi connectivity index (χ0n) is 13.2. The van der Waals surface area contributed by atoms with Gasteiger partial charge in [0.25, 0.3) is 5.91 Å². The van der Waals surface area contributed by atoms with Crippen LogP contribution in [-0.4, -0.2) is 30.4 Å². The molecule has 0 fully saturated rings. The molecule has 0 aliphatic heterocycles. The summed E-state index contributed by atoms with van der Waals surface area (Å²) in [5.74, 6) is 0.642. The molecule has 0 spiro atoms. The molecule has 0 aliphatic carbocycles. The van der Waals surface area contributed by atoms with Crippen molar-refractivity contribution in [3.63, 3.8) is 0 Å². The van der Waals surface area contributed by atoms with Crippen LogP contribution in [-0.2, 0) is 4.79 Å². The number of halogens is 1. The number of nitrogens with zero attached hydrogens (tertiary/aromatic N) is 1. The highest BCUT2D eigenvalue weighted by Crippen LogP contribution is 2.21. The fraction of sp³-hybridized carbons (Fsp3) is 0.176. The van der Waals surface area contributed by atoms with Crippen LogP contribution in [0.25, 0.3) is 0 Å². The van der Waals surface area contributed by atoms with Crippen LogP contribution in [0.1, 0.15) is 12.5 Å². The second kappa shape index (κ2) is 8.21. The highest BCUT2D eigenvalue weighted by Gasteiger charge is 2.14. The number of hydrogen-bond donors (Lipinski definition) is 2. The molecule has 0 saturated carbocycles. The topological polar surface area (TPSA) is 80.2 Å². The molecule has 0 aromatic heterocycles. The molecule has 0 unspecified atom stereocenters. The number of hydrogen-bond acceptors (Lipinski definition) is 5. The molecule has 2 N–H and O–H groups in total. The van der Waals surface area contributed by atoms with Crippen molar-refractivity contribution in [3.05, 3.63) is 53.1 Å². The van der Waals surface area contributed by atoms with Gasteiger partial charge in [-0.25, -0.2) is 5.43 Å². The Morgan fingerprint density at radius 1 is 1.29 bits per heavy atom. The molecule has 2 rings (SSSR count). The monoisotopic (exact) mass is 348 g/mol. The lowest BCUT2D eigenvalue weighted by atomic mass is 10.2. The zero-order chi connectivity index (χ0) is 17.5. The number of methoxy groups -OCH3 is 1. The molecule has 0 radical (unpaired) electrons. The van der Waals surface area contributed by atoms with Gasteiger partial charge in [0.15, 0.2) is 6.10 Å². The van der Waals surface area contributed by atoms with E-state index in [1.54, 1.807) is 43.3 Å². The SMILES string of the molecule is COc1ccc(O)c(/C=N/NC(=O)[C@H](C)Oc2cccc(Cl)c2)c1. The van der Waals surface area contributed by atoms with Gasteiger partial charge in [-0.2, -0.15) is 5.10 Å². The Morgan fingerprint density at radius 3 is 2.79 bits per heavy atom. The van der Waals surface area contributed by atoms with Crippen molar-refractivity contribution in [2.45, 2.75) is 13.0 Å². The maximum absolute atomic E-state index is 12.0. The second-order valence-corrected chi connectivity index (χ2v) is 5.31. The quantitative estimate of drug-likeness (QED) is 0.621. The summed E-state index contributed by atoms with van der Waals surface area (Å²) in [5.41, 5.74) is 2.77. The van der Waals surface area contributed by atoms with E-state index in [2.05, 4.69) is 10.5 Å². The van der Waals surface area contributed by atoms with Crippen LogP contribution >= 0.6 is 11.6 Å². The van der Waals surface area contributed by atoms with E-state index in [-0.39, 0.29) is 5.75 Å². The maximum Gasteiger partial charge on any atom is 0.280 e. The van der Waals surface area contributed by atoms with Gasteiger partial charge in [0.1, 0.15) is 17.2 Å². The minimum atomic E-state index is -0.764. The molecule has 1 amide bonds. The summed E-state index contributed by atoms with van der Waals surface area (Å²) in [6.45, 7) is 1.59. The van der Waals surface area contributed by atoms with Gasteiger partial charge in [0.05, 0.1) is 13.3 Å². The first-order valence-electron chi connectivity index (χ1n) is 7.11. The van der Waals surface area contributed by atoms with Crippen molar-refractivity contribution in [2.75, 3.05) is 7.11 Å². The molecule has 0 saturated heterocycles. The summed E-state index contributed by atoms with van der Waals surface area (Å²) in [5, 5.41) is 14.1. The number of phenols is 1. The van der Waals surface area contributed by atoms with Gasteiger partial charge in [0.2, 0.25) is 0 Å². The van der Waals surface area contributed by atoms with Gasteiger partial charge in [-0.15, -0.1) is 0 Å². The third kappa shape index (κ3) is 4.89. The van der Waals surface area contributed by atoms with Crippen molar-refractivity contribution in [2.24, 2.45) is 5.10 Å².